The third-order valence-electron chi connectivity index (χ3n) is 7.36. The molecule has 4 aliphatic carbocycles. The molecule has 5 aliphatic rings. The Morgan fingerprint density at radius 2 is 1.96 bits per heavy atom. The van der Waals surface area contributed by atoms with Gasteiger partial charge in [0.2, 0.25) is 0 Å². The normalized spacial score (nSPS) is 34.2. The SMILES string of the molecule is C1=CC2=C(CC1)NC1CCC(C3C=c4c5c(oc4=CC3)C=CCC5)CC21. The van der Waals surface area contributed by atoms with Gasteiger partial charge in [-0.05, 0) is 80.9 Å². The van der Waals surface area contributed by atoms with Crippen LogP contribution in [0.2, 0.25) is 0 Å². The van der Waals surface area contributed by atoms with E-state index in [1.165, 1.54) is 42.9 Å². The number of furan rings is 1. The summed E-state index contributed by atoms with van der Waals surface area (Å²) in [4.78, 5) is 0. The molecule has 1 fully saturated rings. The van der Waals surface area contributed by atoms with E-state index in [0.717, 1.165) is 42.3 Å². The van der Waals surface area contributed by atoms with Crippen LogP contribution in [0.1, 0.15) is 56.3 Å². The lowest BCUT2D eigenvalue weighted by molar-refractivity contribution is 0.224. The molecule has 1 N–H and O–H groups in total. The molecule has 0 amide bonds. The van der Waals surface area contributed by atoms with E-state index in [0.29, 0.717) is 12.0 Å². The number of hydrogen-bond acceptors (Lipinski definition) is 2. The summed E-state index contributed by atoms with van der Waals surface area (Å²) < 4.78 is 6.10. The first-order valence-electron chi connectivity index (χ1n) is 10.5. The molecule has 1 aliphatic heterocycles. The van der Waals surface area contributed by atoms with Crippen molar-refractivity contribution in [1.82, 2.24) is 5.32 Å². The average Bonchev–Trinajstić information content (AvgIpc) is 3.25. The Morgan fingerprint density at radius 1 is 1.04 bits per heavy atom. The molecule has 4 unspecified atom stereocenters. The molecule has 0 bridgehead atoms. The van der Waals surface area contributed by atoms with Gasteiger partial charge >= 0.3 is 0 Å². The van der Waals surface area contributed by atoms with E-state index in [-0.39, 0.29) is 0 Å². The summed E-state index contributed by atoms with van der Waals surface area (Å²) in [6.07, 6.45) is 24.1. The summed E-state index contributed by atoms with van der Waals surface area (Å²) in [5.41, 5.74) is 5.78. The fraction of sp³-hybridized carbons (Fsp3) is 0.500. The lowest BCUT2D eigenvalue weighted by Crippen LogP contribution is -2.38. The molecule has 1 saturated carbocycles. The zero-order chi connectivity index (χ0) is 17.1. The number of allylic oxidation sites excluding steroid dienone is 4. The lowest BCUT2D eigenvalue weighted by atomic mass is 9.69. The topological polar surface area (TPSA) is 25.2 Å². The first-order chi connectivity index (χ1) is 12.9. The Kier molecular flexibility index (Phi) is 3.36. The third-order valence-corrected chi connectivity index (χ3v) is 7.36. The van der Waals surface area contributed by atoms with Crippen LogP contribution in [0.25, 0.3) is 18.2 Å². The van der Waals surface area contributed by atoms with Crippen LogP contribution in [0.4, 0.5) is 0 Å². The van der Waals surface area contributed by atoms with Gasteiger partial charge in [0.05, 0.1) is 0 Å². The maximum absolute atomic E-state index is 6.10. The van der Waals surface area contributed by atoms with Crippen molar-refractivity contribution in [3.05, 3.63) is 51.5 Å². The van der Waals surface area contributed by atoms with E-state index in [9.17, 15) is 0 Å². The smallest absolute Gasteiger partial charge is 0.131 e. The van der Waals surface area contributed by atoms with Gasteiger partial charge in [0.15, 0.2) is 0 Å². The van der Waals surface area contributed by atoms with Gasteiger partial charge in [-0.3, -0.25) is 0 Å². The molecule has 26 heavy (non-hydrogen) atoms. The van der Waals surface area contributed by atoms with E-state index in [4.69, 9.17) is 4.42 Å². The fourth-order valence-electron chi connectivity index (χ4n) is 6.03. The van der Waals surface area contributed by atoms with Crippen molar-refractivity contribution in [2.24, 2.45) is 17.8 Å². The molecule has 0 aromatic carbocycles. The molecule has 2 nitrogen and oxygen atoms in total. The molecular weight excluding hydrogens is 318 g/mol. The number of fused-ring (bicyclic) bond motifs is 5. The van der Waals surface area contributed by atoms with Gasteiger partial charge < -0.3 is 9.73 Å². The van der Waals surface area contributed by atoms with Crippen LogP contribution in [-0.2, 0) is 6.42 Å². The van der Waals surface area contributed by atoms with Gasteiger partial charge in [-0.15, -0.1) is 0 Å². The minimum atomic E-state index is 0.688. The summed E-state index contributed by atoms with van der Waals surface area (Å²) >= 11 is 0. The van der Waals surface area contributed by atoms with Gasteiger partial charge in [0.25, 0.3) is 0 Å². The number of rotatable bonds is 1. The predicted molar refractivity (Wildman–Crippen MR) is 106 cm³/mol. The molecule has 134 valence electrons. The lowest BCUT2D eigenvalue weighted by Gasteiger charge is -2.36. The highest BCUT2D eigenvalue weighted by Crippen LogP contribution is 2.45. The highest BCUT2D eigenvalue weighted by atomic mass is 16.3. The van der Waals surface area contributed by atoms with Crippen LogP contribution < -0.4 is 16.0 Å². The van der Waals surface area contributed by atoms with Crippen LogP contribution in [-0.4, -0.2) is 6.04 Å². The van der Waals surface area contributed by atoms with E-state index >= 15 is 0 Å². The van der Waals surface area contributed by atoms with Gasteiger partial charge in [-0.25, -0.2) is 0 Å². The maximum atomic E-state index is 6.10. The molecule has 6 rings (SSSR count). The van der Waals surface area contributed by atoms with E-state index < -0.39 is 0 Å². The zero-order valence-corrected chi connectivity index (χ0v) is 15.3. The maximum Gasteiger partial charge on any atom is 0.131 e. The molecule has 0 spiro atoms. The minimum Gasteiger partial charge on any atom is -0.457 e. The summed E-state index contributed by atoms with van der Waals surface area (Å²) in [5.74, 6) is 3.36. The van der Waals surface area contributed by atoms with Crippen molar-refractivity contribution in [3.63, 3.8) is 0 Å². The highest BCUT2D eigenvalue weighted by Gasteiger charge is 2.40. The standard InChI is InChI=1S/C24H27NO/c1-3-7-21-17(5-1)19-13-15(9-11-22(19)25-21)16-10-12-24-20(14-16)18-6-2-4-8-23(18)26-24/h1,4-5,8,12,14-16,19,22,25H,2-3,6-7,9-11,13H2. The zero-order valence-electron chi connectivity index (χ0n) is 15.3. The van der Waals surface area contributed by atoms with Gasteiger partial charge in [0.1, 0.15) is 11.2 Å². The van der Waals surface area contributed by atoms with Crippen molar-refractivity contribution in [1.29, 1.82) is 0 Å². The van der Waals surface area contributed by atoms with Crippen LogP contribution in [0.5, 0.6) is 0 Å². The Morgan fingerprint density at radius 3 is 2.96 bits per heavy atom. The summed E-state index contributed by atoms with van der Waals surface area (Å²) in [6, 6.07) is 0.703. The van der Waals surface area contributed by atoms with E-state index in [1.54, 1.807) is 11.3 Å². The van der Waals surface area contributed by atoms with E-state index in [2.05, 4.69) is 41.8 Å². The Balaban J connectivity index is 1.30. The average molecular weight is 345 g/mol. The molecule has 0 radical (unpaired) electrons. The van der Waals surface area contributed by atoms with Crippen LogP contribution in [0.3, 0.4) is 0 Å². The van der Waals surface area contributed by atoms with Crippen molar-refractivity contribution >= 4 is 18.2 Å². The highest BCUT2D eigenvalue weighted by molar-refractivity contribution is 5.54. The molecule has 2 heteroatoms. The first-order valence-corrected chi connectivity index (χ1v) is 10.5. The Bertz CT molecular complexity index is 957. The minimum absolute atomic E-state index is 0.688. The molecule has 2 heterocycles. The quantitative estimate of drug-likeness (QED) is 0.837. The summed E-state index contributed by atoms with van der Waals surface area (Å²) in [6.45, 7) is 0. The van der Waals surface area contributed by atoms with Crippen LogP contribution >= 0.6 is 0 Å². The second-order valence-electron chi connectivity index (χ2n) is 8.74. The largest absolute Gasteiger partial charge is 0.457 e. The molecule has 0 saturated heterocycles. The summed E-state index contributed by atoms with van der Waals surface area (Å²) in [5, 5.41) is 5.28. The van der Waals surface area contributed by atoms with Gasteiger partial charge in [-0.1, -0.05) is 24.3 Å². The fourth-order valence-corrected chi connectivity index (χ4v) is 6.03. The Hall–Kier alpha value is -1.96. The first kappa shape index (κ1) is 15.1. The van der Waals surface area contributed by atoms with Crippen LogP contribution in [0, 0.1) is 17.8 Å². The van der Waals surface area contributed by atoms with Gasteiger partial charge in [0, 0.05) is 28.4 Å². The van der Waals surface area contributed by atoms with Crippen molar-refractivity contribution in [3.8, 4) is 0 Å². The molecular formula is C24H27NO. The summed E-state index contributed by atoms with van der Waals surface area (Å²) in [7, 11) is 0. The monoisotopic (exact) mass is 345 g/mol. The molecule has 1 aromatic heterocycles. The van der Waals surface area contributed by atoms with Crippen molar-refractivity contribution in [2.45, 2.75) is 57.4 Å². The van der Waals surface area contributed by atoms with Crippen LogP contribution in [0.15, 0.2) is 33.9 Å². The molecule has 1 aromatic rings. The van der Waals surface area contributed by atoms with Gasteiger partial charge in [-0.2, -0.15) is 0 Å². The second-order valence-corrected chi connectivity index (χ2v) is 8.74. The second kappa shape index (κ2) is 5.77. The van der Waals surface area contributed by atoms with Crippen molar-refractivity contribution < 1.29 is 4.42 Å². The number of hydrogen-bond donors (Lipinski definition) is 1. The molecule has 4 atom stereocenters. The predicted octanol–water partition coefficient (Wildman–Crippen LogP) is 3.81. The third kappa shape index (κ3) is 2.24. The number of nitrogens with one attached hydrogen (secondary N) is 1. The van der Waals surface area contributed by atoms with E-state index in [1.807, 2.05) is 0 Å². The van der Waals surface area contributed by atoms with Crippen molar-refractivity contribution in [2.75, 3.05) is 0 Å². The Labute approximate surface area is 155 Å².